The lowest BCUT2D eigenvalue weighted by Crippen LogP contribution is -2.04. The van der Waals surface area contributed by atoms with Gasteiger partial charge in [-0.2, -0.15) is 0 Å². The Bertz CT molecular complexity index is 350. The molecule has 0 atom stereocenters. The summed E-state index contributed by atoms with van der Waals surface area (Å²) in [5.74, 6) is 0.946. The number of Topliss-reactive ketones (excluding diaryl/α,β-unsaturated/α-hetero) is 1. The summed E-state index contributed by atoms with van der Waals surface area (Å²) in [5.41, 5.74) is 0.963. The first kappa shape index (κ1) is 12.7. The second-order valence-electron chi connectivity index (χ2n) is 3.01. The molecule has 1 aromatic carbocycles. The predicted octanol–water partition coefficient (Wildman–Crippen LogP) is 3.35. The van der Waals surface area contributed by atoms with E-state index < -0.39 is 0 Å². The summed E-state index contributed by atoms with van der Waals surface area (Å²) in [6.45, 7) is 2.55. The quantitative estimate of drug-likeness (QED) is 0.771. The molecule has 0 heterocycles. The van der Waals surface area contributed by atoms with Crippen molar-refractivity contribution in [2.24, 2.45) is 0 Å². The van der Waals surface area contributed by atoms with Crippen LogP contribution >= 0.6 is 31.9 Å². The summed E-state index contributed by atoms with van der Waals surface area (Å²) < 4.78 is 6.30. The van der Waals surface area contributed by atoms with Gasteiger partial charge >= 0.3 is 0 Å². The van der Waals surface area contributed by atoms with Crippen LogP contribution in [-0.2, 0) is 11.2 Å². The molecule has 0 amide bonds. The van der Waals surface area contributed by atoms with Gasteiger partial charge in [-0.1, -0.05) is 28.1 Å². The number of halogens is 2. The SMILES string of the molecule is CCOc1cccc(CC(=O)CBr)c1Br. The normalized spacial score (nSPS) is 10.1. The largest absolute Gasteiger partial charge is 0.493 e. The Morgan fingerprint density at radius 1 is 1.47 bits per heavy atom. The molecule has 82 valence electrons. The highest BCUT2D eigenvalue weighted by Gasteiger charge is 2.09. The average molecular weight is 336 g/mol. The Kier molecular flexibility index (Phi) is 5.32. The predicted molar refractivity (Wildman–Crippen MR) is 67.8 cm³/mol. The summed E-state index contributed by atoms with van der Waals surface area (Å²) in [7, 11) is 0. The van der Waals surface area contributed by atoms with Gasteiger partial charge in [0.2, 0.25) is 0 Å². The molecule has 1 rings (SSSR count). The summed E-state index contributed by atoms with van der Waals surface area (Å²) in [6, 6.07) is 5.70. The van der Waals surface area contributed by atoms with Gasteiger partial charge in [0.15, 0.2) is 0 Å². The van der Waals surface area contributed by atoms with E-state index in [-0.39, 0.29) is 5.78 Å². The highest BCUT2D eigenvalue weighted by Crippen LogP contribution is 2.29. The highest BCUT2D eigenvalue weighted by molar-refractivity contribution is 9.10. The Labute approximate surface area is 106 Å². The van der Waals surface area contributed by atoms with E-state index >= 15 is 0 Å². The van der Waals surface area contributed by atoms with Crippen molar-refractivity contribution in [3.63, 3.8) is 0 Å². The van der Waals surface area contributed by atoms with Gasteiger partial charge in [-0.05, 0) is 34.5 Å². The summed E-state index contributed by atoms with van der Waals surface area (Å²) in [6.07, 6.45) is 0.423. The van der Waals surface area contributed by atoms with Gasteiger partial charge in [-0.15, -0.1) is 0 Å². The zero-order chi connectivity index (χ0) is 11.3. The van der Waals surface area contributed by atoms with Gasteiger partial charge in [0.25, 0.3) is 0 Å². The molecule has 0 aliphatic rings. The van der Waals surface area contributed by atoms with Gasteiger partial charge < -0.3 is 4.74 Å². The lowest BCUT2D eigenvalue weighted by atomic mass is 10.1. The number of rotatable bonds is 5. The molecule has 0 bridgehead atoms. The molecule has 0 aliphatic carbocycles. The van der Waals surface area contributed by atoms with Crippen LogP contribution in [0, 0.1) is 0 Å². The Balaban J connectivity index is 2.88. The summed E-state index contributed by atoms with van der Waals surface area (Å²) in [5, 5.41) is 0.387. The Morgan fingerprint density at radius 3 is 2.80 bits per heavy atom. The molecular formula is C11H12Br2O2. The van der Waals surface area contributed by atoms with Crippen molar-refractivity contribution >= 4 is 37.6 Å². The van der Waals surface area contributed by atoms with Crippen LogP contribution in [-0.4, -0.2) is 17.7 Å². The minimum atomic E-state index is 0.157. The first-order valence-electron chi connectivity index (χ1n) is 4.66. The number of hydrogen-bond acceptors (Lipinski definition) is 2. The van der Waals surface area contributed by atoms with Crippen molar-refractivity contribution in [2.45, 2.75) is 13.3 Å². The molecule has 0 saturated carbocycles. The highest BCUT2D eigenvalue weighted by atomic mass is 79.9. The van der Waals surface area contributed by atoms with Crippen LogP contribution in [0.5, 0.6) is 5.75 Å². The van der Waals surface area contributed by atoms with Crippen LogP contribution < -0.4 is 4.74 Å². The molecule has 0 saturated heterocycles. The second-order valence-corrected chi connectivity index (χ2v) is 4.37. The Morgan fingerprint density at radius 2 is 2.20 bits per heavy atom. The minimum absolute atomic E-state index is 0.157. The van der Waals surface area contributed by atoms with Crippen molar-refractivity contribution in [3.05, 3.63) is 28.2 Å². The van der Waals surface area contributed by atoms with Crippen LogP contribution in [0.25, 0.3) is 0 Å². The minimum Gasteiger partial charge on any atom is -0.493 e. The van der Waals surface area contributed by atoms with E-state index in [0.717, 1.165) is 15.8 Å². The van der Waals surface area contributed by atoms with Crippen LogP contribution in [0.4, 0.5) is 0 Å². The van der Waals surface area contributed by atoms with Gasteiger partial charge in [0.05, 0.1) is 16.4 Å². The number of carbonyl (C=O) groups is 1. The molecule has 1 aromatic rings. The number of ether oxygens (including phenoxy) is 1. The Hall–Kier alpha value is -0.350. The third-order valence-corrected chi connectivity index (χ3v) is 3.41. The van der Waals surface area contributed by atoms with Crippen molar-refractivity contribution < 1.29 is 9.53 Å². The molecule has 0 radical (unpaired) electrons. The molecule has 0 unspecified atom stereocenters. The lowest BCUT2D eigenvalue weighted by molar-refractivity contribution is -0.115. The molecule has 15 heavy (non-hydrogen) atoms. The van der Waals surface area contributed by atoms with Crippen LogP contribution in [0.2, 0.25) is 0 Å². The van der Waals surface area contributed by atoms with Gasteiger partial charge in [0, 0.05) is 6.42 Å². The molecular weight excluding hydrogens is 324 g/mol. The molecule has 0 aliphatic heterocycles. The van der Waals surface area contributed by atoms with Gasteiger partial charge in [-0.3, -0.25) is 4.79 Å². The fourth-order valence-electron chi connectivity index (χ4n) is 1.22. The lowest BCUT2D eigenvalue weighted by Gasteiger charge is -2.09. The smallest absolute Gasteiger partial charge is 0.147 e. The van der Waals surface area contributed by atoms with E-state index in [1.54, 1.807) is 0 Å². The molecule has 0 spiro atoms. The van der Waals surface area contributed by atoms with Crippen molar-refractivity contribution in [3.8, 4) is 5.75 Å². The zero-order valence-corrected chi connectivity index (χ0v) is 11.6. The first-order chi connectivity index (χ1) is 7.19. The number of carbonyl (C=O) groups excluding carboxylic acids is 1. The van der Waals surface area contributed by atoms with E-state index in [1.165, 1.54) is 0 Å². The average Bonchev–Trinajstić information content (AvgIpc) is 2.24. The van der Waals surface area contributed by atoms with Crippen molar-refractivity contribution in [2.75, 3.05) is 11.9 Å². The standard InChI is InChI=1S/C11H12Br2O2/c1-2-15-10-5-3-4-8(11(10)13)6-9(14)7-12/h3-5H,2,6-7H2,1H3. The van der Waals surface area contributed by atoms with Crippen LogP contribution in [0.3, 0.4) is 0 Å². The number of benzene rings is 1. The summed E-state index contributed by atoms with van der Waals surface area (Å²) >= 11 is 6.60. The topological polar surface area (TPSA) is 26.3 Å². The van der Waals surface area contributed by atoms with Crippen molar-refractivity contribution in [1.82, 2.24) is 0 Å². The molecule has 0 N–H and O–H groups in total. The fourth-order valence-corrected chi connectivity index (χ4v) is 1.94. The van der Waals surface area contributed by atoms with Gasteiger partial charge in [-0.25, -0.2) is 0 Å². The molecule has 0 aromatic heterocycles. The fraction of sp³-hybridized carbons (Fsp3) is 0.364. The first-order valence-corrected chi connectivity index (χ1v) is 6.58. The van der Waals surface area contributed by atoms with E-state index in [9.17, 15) is 4.79 Å². The number of alkyl halides is 1. The molecule has 2 nitrogen and oxygen atoms in total. The monoisotopic (exact) mass is 334 g/mol. The molecule has 4 heteroatoms. The molecule has 0 fully saturated rings. The van der Waals surface area contributed by atoms with E-state index in [4.69, 9.17) is 4.74 Å². The van der Waals surface area contributed by atoms with E-state index in [2.05, 4.69) is 31.9 Å². The number of ketones is 1. The van der Waals surface area contributed by atoms with Crippen molar-refractivity contribution in [1.29, 1.82) is 0 Å². The second kappa shape index (κ2) is 6.28. The van der Waals surface area contributed by atoms with E-state index in [0.29, 0.717) is 18.4 Å². The van der Waals surface area contributed by atoms with Gasteiger partial charge in [0.1, 0.15) is 11.5 Å². The maximum absolute atomic E-state index is 11.3. The zero-order valence-electron chi connectivity index (χ0n) is 8.43. The maximum Gasteiger partial charge on any atom is 0.147 e. The summed E-state index contributed by atoms with van der Waals surface area (Å²) in [4.78, 5) is 11.3. The van der Waals surface area contributed by atoms with Crippen LogP contribution in [0.15, 0.2) is 22.7 Å². The third-order valence-electron chi connectivity index (χ3n) is 1.88. The van der Waals surface area contributed by atoms with Crippen LogP contribution in [0.1, 0.15) is 12.5 Å². The number of hydrogen-bond donors (Lipinski definition) is 0. The maximum atomic E-state index is 11.3. The third kappa shape index (κ3) is 3.61. The van der Waals surface area contributed by atoms with E-state index in [1.807, 2.05) is 25.1 Å².